The number of rotatable bonds is 4. The summed E-state index contributed by atoms with van der Waals surface area (Å²) in [4.78, 5) is 25.3. The van der Waals surface area contributed by atoms with Gasteiger partial charge in [-0.05, 0) is 0 Å². The van der Waals surface area contributed by atoms with Crippen LogP contribution in [0.25, 0.3) is 0 Å². The predicted octanol–water partition coefficient (Wildman–Crippen LogP) is -0.0137. The summed E-state index contributed by atoms with van der Waals surface area (Å²) in [7, 11) is 1.25. The molecule has 0 aromatic rings. The zero-order chi connectivity index (χ0) is 8.97. The summed E-state index contributed by atoms with van der Waals surface area (Å²) in [6.45, 7) is 0. The fourth-order valence-electron chi connectivity index (χ4n) is 0.619. The Bertz CT molecular complexity index is 192. The highest BCUT2D eigenvalue weighted by Gasteiger charge is 2.35. The van der Waals surface area contributed by atoms with E-state index in [1.54, 1.807) is 0 Å². The molecule has 0 N–H and O–H groups in total. The van der Waals surface area contributed by atoms with Crippen molar-refractivity contribution < 1.29 is 28.6 Å². The van der Waals surface area contributed by atoms with E-state index in [2.05, 4.69) is 19.0 Å². The van der Waals surface area contributed by atoms with E-state index >= 15 is 0 Å². The molecule has 1 aliphatic rings. The summed E-state index contributed by atoms with van der Waals surface area (Å²) in [5.74, 6) is -1.18. The molecule has 0 bridgehead atoms. The van der Waals surface area contributed by atoms with Crippen molar-refractivity contribution in [2.75, 3.05) is 7.11 Å². The van der Waals surface area contributed by atoms with Gasteiger partial charge in [-0.25, -0.2) is 4.89 Å². The molecule has 0 radical (unpaired) electrons. The number of hydrogen-bond donors (Lipinski definition) is 0. The molecule has 1 atom stereocenters. The van der Waals surface area contributed by atoms with Crippen molar-refractivity contribution in [1.82, 2.24) is 0 Å². The number of carbonyl (C=O) groups is 2. The summed E-state index contributed by atoms with van der Waals surface area (Å²) in [6, 6.07) is 0. The molecule has 0 aromatic carbocycles. The van der Waals surface area contributed by atoms with Crippen LogP contribution >= 0.6 is 12.0 Å². The Morgan fingerprint density at radius 2 is 2.33 bits per heavy atom. The van der Waals surface area contributed by atoms with Crippen molar-refractivity contribution in [2.45, 2.75) is 11.7 Å². The van der Waals surface area contributed by atoms with E-state index in [0.29, 0.717) is 12.0 Å². The van der Waals surface area contributed by atoms with Gasteiger partial charge in [0.1, 0.15) is 5.25 Å². The first kappa shape index (κ1) is 9.46. The van der Waals surface area contributed by atoms with E-state index in [1.165, 1.54) is 7.11 Å². The van der Waals surface area contributed by atoms with Crippen molar-refractivity contribution in [1.29, 1.82) is 0 Å². The van der Waals surface area contributed by atoms with Gasteiger partial charge in [-0.15, -0.1) is 4.33 Å². The number of ether oxygens (including phenoxy) is 1. The molecule has 0 saturated carbocycles. The molecular weight excluding hydrogens is 188 g/mol. The maximum atomic E-state index is 10.7. The molecule has 1 rings (SSSR count). The summed E-state index contributed by atoms with van der Waals surface area (Å²) in [5.41, 5.74) is 0. The Hall–Kier alpha value is -0.630. The Kier molecular flexibility index (Phi) is 3.48. The average Bonchev–Trinajstić information content (AvgIpc) is 2.31. The van der Waals surface area contributed by atoms with Crippen molar-refractivity contribution in [3.05, 3.63) is 0 Å². The Labute approximate surface area is 72.2 Å². The molecule has 1 saturated heterocycles. The number of esters is 2. The molecule has 0 amide bonds. The Morgan fingerprint density at radius 1 is 1.58 bits per heavy atom. The van der Waals surface area contributed by atoms with Crippen LogP contribution in [0, 0.1) is 0 Å². The lowest BCUT2D eigenvalue weighted by molar-refractivity contribution is -0.447. The van der Waals surface area contributed by atoms with Crippen LogP contribution in [0.2, 0.25) is 0 Å². The lowest BCUT2D eigenvalue weighted by Crippen LogP contribution is -2.10. The highest BCUT2D eigenvalue weighted by molar-refractivity contribution is 7.96. The maximum absolute atomic E-state index is 10.7. The minimum Gasteiger partial charge on any atom is -0.392 e. The second-order valence-electron chi connectivity index (χ2n) is 1.88. The first-order valence-electron chi connectivity index (χ1n) is 3.01. The molecule has 1 unspecified atom stereocenters. The van der Waals surface area contributed by atoms with E-state index in [9.17, 15) is 9.59 Å². The summed E-state index contributed by atoms with van der Waals surface area (Å²) in [5, 5.41) is 3.36. The zero-order valence-corrected chi connectivity index (χ0v) is 6.96. The molecule has 68 valence electrons. The van der Waals surface area contributed by atoms with Crippen LogP contribution < -0.4 is 0 Å². The molecule has 0 aromatic heterocycles. The van der Waals surface area contributed by atoms with Gasteiger partial charge < -0.3 is 4.74 Å². The van der Waals surface area contributed by atoms with E-state index in [1.807, 2.05) is 0 Å². The number of cyclic esters (lactones) is 2. The highest BCUT2D eigenvalue weighted by atomic mass is 32.2. The van der Waals surface area contributed by atoms with Crippen LogP contribution in [-0.4, -0.2) is 24.3 Å². The van der Waals surface area contributed by atoms with Gasteiger partial charge in [0.15, 0.2) is 0 Å². The van der Waals surface area contributed by atoms with Crippen molar-refractivity contribution >= 4 is 24.0 Å². The Balaban J connectivity index is 2.24. The molecule has 7 heteroatoms. The fourth-order valence-corrected chi connectivity index (χ4v) is 1.13. The van der Waals surface area contributed by atoms with Crippen LogP contribution in [0.15, 0.2) is 0 Å². The largest absolute Gasteiger partial charge is 0.392 e. The van der Waals surface area contributed by atoms with E-state index in [4.69, 9.17) is 0 Å². The van der Waals surface area contributed by atoms with Gasteiger partial charge in [0.25, 0.3) is 0 Å². The van der Waals surface area contributed by atoms with E-state index in [-0.39, 0.29) is 6.42 Å². The maximum Gasteiger partial charge on any atom is 0.329 e. The van der Waals surface area contributed by atoms with E-state index in [0.717, 1.165) is 0 Å². The minimum absolute atomic E-state index is 0.00340. The second kappa shape index (κ2) is 4.41. The first-order chi connectivity index (χ1) is 5.74. The molecule has 12 heavy (non-hydrogen) atoms. The molecule has 1 heterocycles. The molecular formula is C5H6O6S. The lowest BCUT2D eigenvalue weighted by Gasteiger charge is -1.99. The van der Waals surface area contributed by atoms with Crippen LogP contribution in [-0.2, 0) is 28.6 Å². The van der Waals surface area contributed by atoms with Gasteiger partial charge in [0.05, 0.1) is 25.6 Å². The highest BCUT2D eigenvalue weighted by Crippen LogP contribution is 2.23. The number of hydrogen-bond acceptors (Lipinski definition) is 7. The number of carbonyl (C=O) groups excluding carboxylic acids is 2. The third kappa shape index (κ3) is 2.45. The van der Waals surface area contributed by atoms with Gasteiger partial charge >= 0.3 is 11.9 Å². The Morgan fingerprint density at radius 3 is 2.83 bits per heavy atom. The van der Waals surface area contributed by atoms with Crippen LogP contribution in [0.1, 0.15) is 6.42 Å². The average molecular weight is 194 g/mol. The fraction of sp³-hybridized carbons (Fsp3) is 0.600. The van der Waals surface area contributed by atoms with Crippen molar-refractivity contribution in [3.63, 3.8) is 0 Å². The predicted molar refractivity (Wildman–Crippen MR) is 36.3 cm³/mol. The van der Waals surface area contributed by atoms with Gasteiger partial charge in [-0.2, -0.15) is 0 Å². The van der Waals surface area contributed by atoms with Gasteiger partial charge in [0, 0.05) is 0 Å². The third-order valence-corrected chi connectivity index (χ3v) is 1.81. The molecule has 1 fully saturated rings. The minimum atomic E-state index is -0.660. The molecule has 6 nitrogen and oxygen atoms in total. The lowest BCUT2D eigenvalue weighted by atomic mass is 10.4. The summed E-state index contributed by atoms with van der Waals surface area (Å²) < 4.78 is 8.56. The smallest absolute Gasteiger partial charge is 0.329 e. The van der Waals surface area contributed by atoms with Crippen LogP contribution in [0.4, 0.5) is 0 Å². The van der Waals surface area contributed by atoms with Crippen molar-refractivity contribution in [2.24, 2.45) is 0 Å². The zero-order valence-electron chi connectivity index (χ0n) is 6.14. The molecule has 1 aliphatic heterocycles. The summed E-state index contributed by atoms with van der Waals surface area (Å²) in [6.07, 6.45) is -0.00340. The third-order valence-electron chi connectivity index (χ3n) is 1.08. The molecule has 0 spiro atoms. The van der Waals surface area contributed by atoms with Crippen molar-refractivity contribution in [3.8, 4) is 0 Å². The van der Waals surface area contributed by atoms with Gasteiger partial charge in [0.2, 0.25) is 0 Å². The van der Waals surface area contributed by atoms with Gasteiger partial charge in [-0.3, -0.25) is 9.59 Å². The monoisotopic (exact) mass is 194 g/mol. The van der Waals surface area contributed by atoms with Gasteiger partial charge in [-0.1, -0.05) is 5.04 Å². The molecule has 0 aliphatic carbocycles. The SMILES string of the molecule is COOOSC1CC(=O)OC1=O. The van der Waals surface area contributed by atoms with Crippen LogP contribution in [0.3, 0.4) is 0 Å². The van der Waals surface area contributed by atoms with E-state index < -0.39 is 17.2 Å². The normalized spacial score (nSPS) is 22.9. The van der Waals surface area contributed by atoms with Crippen LogP contribution in [0.5, 0.6) is 0 Å². The topological polar surface area (TPSA) is 71.1 Å². The summed E-state index contributed by atoms with van der Waals surface area (Å²) >= 11 is 0.678. The second-order valence-corrected chi connectivity index (χ2v) is 2.78. The quantitative estimate of drug-likeness (QED) is 0.155. The standard InChI is InChI=1S/C5H6O6S/c1-8-10-11-12-3-2-4(6)9-5(3)7/h3H,2H2,1H3. The first-order valence-corrected chi connectivity index (χ1v) is 3.82.